The minimum atomic E-state index is -0.279. The van der Waals surface area contributed by atoms with E-state index in [2.05, 4.69) is 22.1 Å². The number of H-pyrrole nitrogens is 1. The first-order valence-corrected chi connectivity index (χ1v) is 8.69. The van der Waals surface area contributed by atoms with Crippen LogP contribution in [0.3, 0.4) is 0 Å². The van der Waals surface area contributed by atoms with Gasteiger partial charge in [-0.15, -0.1) is 0 Å². The number of aromatic amines is 1. The Kier molecular flexibility index (Phi) is 4.39. The van der Waals surface area contributed by atoms with Gasteiger partial charge >= 0.3 is 0 Å². The van der Waals surface area contributed by atoms with E-state index in [1.54, 1.807) is 17.0 Å². The molecule has 1 aliphatic rings. The van der Waals surface area contributed by atoms with Crippen molar-refractivity contribution < 1.29 is 9.21 Å². The number of fused-ring (bicyclic) bond motifs is 1. The number of aryl methyl sites for hydroxylation is 2. The third kappa shape index (κ3) is 3.44. The van der Waals surface area contributed by atoms with E-state index in [0.29, 0.717) is 31.1 Å². The summed E-state index contributed by atoms with van der Waals surface area (Å²) in [5, 5.41) is 0. The number of benzene rings is 1. The molecule has 0 spiro atoms. The van der Waals surface area contributed by atoms with Crippen molar-refractivity contribution in [2.75, 3.05) is 6.54 Å². The lowest BCUT2D eigenvalue weighted by Gasteiger charge is -2.25. The lowest BCUT2D eigenvalue weighted by Crippen LogP contribution is -2.36. The van der Waals surface area contributed by atoms with Gasteiger partial charge in [-0.2, -0.15) is 0 Å². The van der Waals surface area contributed by atoms with Gasteiger partial charge in [-0.05, 0) is 18.1 Å². The van der Waals surface area contributed by atoms with Gasteiger partial charge in [-0.3, -0.25) is 9.59 Å². The quantitative estimate of drug-likeness (QED) is 0.784. The second-order valence-electron chi connectivity index (χ2n) is 6.37. The van der Waals surface area contributed by atoms with Crippen molar-refractivity contribution >= 4 is 5.91 Å². The van der Waals surface area contributed by atoms with Crippen LogP contribution in [0.25, 0.3) is 0 Å². The number of amides is 1. The molecule has 132 valence electrons. The summed E-state index contributed by atoms with van der Waals surface area (Å²) in [7, 11) is 0. The average Bonchev–Trinajstić information content (AvgIpc) is 3.08. The fourth-order valence-electron chi connectivity index (χ4n) is 3.17. The molecule has 1 aliphatic heterocycles. The third-order valence-corrected chi connectivity index (χ3v) is 4.53. The second-order valence-corrected chi connectivity index (χ2v) is 6.37. The predicted octanol–water partition coefficient (Wildman–Crippen LogP) is 2.35. The van der Waals surface area contributed by atoms with Gasteiger partial charge in [0.15, 0.2) is 5.89 Å². The monoisotopic (exact) mass is 349 g/mol. The van der Waals surface area contributed by atoms with Crippen molar-refractivity contribution in [2.45, 2.75) is 25.8 Å². The van der Waals surface area contributed by atoms with Gasteiger partial charge in [0.2, 0.25) is 5.56 Å². The summed E-state index contributed by atoms with van der Waals surface area (Å²) in [6, 6.07) is 14.8. The van der Waals surface area contributed by atoms with Crippen molar-refractivity contribution in [3.8, 4) is 0 Å². The van der Waals surface area contributed by atoms with E-state index in [0.717, 1.165) is 24.3 Å². The maximum atomic E-state index is 12.6. The molecule has 1 amide bonds. The molecule has 0 fully saturated rings. The van der Waals surface area contributed by atoms with Gasteiger partial charge in [0, 0.05) is 25.5 Å². The zero-order chi connectivity index (χ0) is 17.9. The highest BCUT2D eigenvalue weighted by molar-refractivity contribution is 5.92. The molecule has 6 heteroatoms. The molecule has 2 aromatic heterocycles. The van der Waals surface area contributed by atoms with Gasteiger partial charge in [-0.1, -0.05) is 36.4 Å². The minimum absolute atomic E-state index is 0.192. The standard InChI is InChI=1S/C20H19N3O3/c24-18-8-4-7-15(21-18)20(25)23-12-11-17-16(13-23)22-19(26-17)10-9-14-5-2-1-3-6-14/h1-8H,9-13H2,(H,21,24). The molecule has 0 unspecified atom stereocenters. The number of aromatic nitrogens is 2. The highest BCUT2D eigenvalue weighted by atomic mass is 16.4. The van der Waals surface area contributed by atoms with E-state index in [1.165, 1.54) is 11.6 Å². The molecule has 0 aliphatic carbocycles. The lowest BCUT2D eigenvalue weighted by atomic mass is 10.1. The summed E-state index contributed by atoms with van der Waals surface area (Å²) in [5.41, 5.74) is 2.08. The fourth-order valence-corrected chi connectivity index (χ4v) is 3.17. The summed E-state index contributed by atoms with van der Waals surface area (Å²) in [5.74, 6) is 1.38. The van der Waals surface area contributed by atoms with Crippen LogP contribution in [0.2, 0.25) is 0 Å². The molecule has 1 N–H and O–H groups in total. The first kappa shape index (κ1) is 16.3. The Labute approximate surface area is 150 Å². The Morgan fingerprint density at radius 3 is 2.77 bits per heavy atom. The Morgan fingerprint density at radius 1 is 1.12 bits per heavy atom. The van der Waals surface area contributed by atoms with E-state index >= 15 is 0 Å². The summed E-state index contributed by atoms with van der Waals surface area (Å²) < 4.78 is 5.87. The van der Waals surface area contributed by atoms with Gasteiger partial charge in [0.25, 0.3) is 5.91 Å². The summed E-state index contributed by atoms with van der Waals surface area (Å²) >= 11 is 0. The molecule has 1 aromatic carbocycles. The third-order valence-electron chi connectivity index (χ3n) is 4.53. The van der Waals surface area contributed by atoms with E-state index in [-0.39, 0.29) is 11.5 Å². The topological polar surface area (TPSA) is 79.2 Å². The van der Waals surface area contributed by atoms with Crippen LogP contribution in [0, 0.1) is 0 Å². The maximum absolute atomic E-state index is 12.6. The van der Waals surface area contributed by atoms with Crippen LogP contribution in [0.1, 0.15) is 33.4 Å². The van der Waals surface area contributed by atoms with Crippen molar-refractivity contribution in [2.24, 2.45) is 0 Å². The van der Waals surface area contributed by atoms with Crippen molar-refractivity contribution in [3.63, 3.8) is 0 Å². The maximum Gasteiger partial charge on any atom is 0.270 e. The lowest BCUT2D eigenvalue weighted by molar-refractivity contribution is 0.0721. The van der Waals surface area contributed by atoms with Gasteiger partial charge < -0.3 is 14.3 Å². The Morgan fingerprint density at radius 2 is 1.96 bits per heavy atom. The molecule has 4 rings (SSSR count). The number of carbonyl (C=O) groups is 1. The predicted molar refractivity (Wildman–Crippen MR) is 95.9 cm³/mol. The SMILES string of the molecule is O=C(c1cccc(=O)[nH]1)N1CCc2oc(CCc3ccccc3)nc2C1. The largest absolute Gasteiger partial charge is 0.445 e. The molecule has 26 heavy (non-hydrogen) atoms. The summed E-state index contributed by atoms with van der Waals surface area (Å²) in [4.78, 5) is 32.8. The number of hydrogen-bond donors (Lipinski definition) is 1. The number of hydrogen-bond acceptors (Lipinski definition) is 4. The fraction of sp³-hybridized carbons (Fsp3) is 0.250. The van der Waals surface area contributed by atoms with Gasteiger partial charge in [0.1, 0.15) is 17.1 Å². The van der Waals surface area contributed by atoms with Crippen molar-refractivity contribution in [1.82, 2.24) is 14.9 Å². The van der Waals surface area contributed by atoms with Crippen LogP contribution >= 0.6 is 0 Å². The second kappa shape index (κ2) is 7.00. The zero-order valence-corrected chi connectivity index (χ0v) is 14.3. The molecule has 0 atom stereocenters. The number of nitrogens with zero attached hydrogens (tertiary/aromatic N) is 2. The van der Waals surface area contributed by atoms with Crippen molar-refractivity contribution in [3.05, 3.63) is 87.5 Å². The normalized spacial score (nSPS) is 13.5. The van der Waals surface area contributed by atoms with Crippen LogP contribution in [-0.4, -0.2) is 27.3 Å². The average molecular weight is 349 g/mol. The van der Waals surface area contributed by atoms with E-state index in [4.69, 9.17) is 4.42 Å². The van der Waals surface area contributed by atoms with Crippen LogP contribution in [0.4, 0.5) is 0 Å². The first-order chi connectivity index (χ1) is 12.7. The molecule has 0 saturated heterocycles. The van der Waals surface area contributed by atoms with E-state index < -0.39 is 0 Å². The number of carbonyl (C=O) groups excluding carboxylic acids is 1. The smallest absolute Gasteiger partial charge is 0.270 e. The highest BCUT2D eigenvalue weighted by Crippen LogP contribution is 2.21. The summed E-state index contributed by atoms with van der Waals surface area (Å²) in [6.45, 7) is 0.954. The van der Waals surface area contributed by atoms with E-state index in [1.807, 2.05) is 18.2 Å². The zero-order valence-electron chi connectivity index (χ0n) is 14.3. The Balaban J connectivity index is 1.45. The van der Waals surface area contributed by atoms with Crippen LogP contribution < -0.4 is 5.56 Å². The molecule has 0 saturated carbocycles. The van der Waals surface area contributed by atoms with Crippen LogP contribution in [-0.2, 0) is 25.8 Å². The molecular formula is C20H19N3O3. The number of pyridine rings is 1. The van der Waals surface area contributed by atoms with Crippen LogP contribution in [0.5, 0.6) is 0 Å². The van der Waals surface area contributed by atoms with E-state index in [9.17, 15) is 9.59 Å². The Hall–Kier alpha value is -3.15. The molecule has 3 heterocycles. The number of oxazole rings is 1. The molecular weight excluding hydrogens is 330 g/mol. The molecule has 3 aromatic rings. The van der Waals surface area contributed by atoms with Gasteiger partial charge in [-0.25, -0.2) is 4.98 Å². The van der Waals surface area contributed by atoms with Crippen molar-refractivity contribution in [1.29, 1.82) is 0 Å². The molecule has 0 radical (unpaired) electrons. The number of nitrogens with one attached hydrogen (secondary N) is 1. The van der Waals surface area contributed by atoms with Gasteiger partial charge in [0.05, 0.1) is 6.54 Å². The first-order valence-electron chi connectivity index (χ1n) is 8.69. The number of rotatable bonds is 4. The van der Waals surface area contributed by atoms with Crippen LogP contribution in [0.15, 0.2) is 57.7 Å². The Bertz CT molecular complexity index is 975. The summed E-state index contributed by atoms with van der Waals surface area (Å²) in [6.07, 6.45) is 2.24. The highest BCUT2D eigenvalue weighted by Gasteiger charge is 2.26. The minimum Gasteiger partial charge on any atom is -0.445 e. The molecule has 0 bridgehead atoms. The molecule has 6 nitrogen and oxygen atoms in total.